The van der Waals surface area contributed by atoms with Gasteiger partial charge in [-0.2, -0.15) is 0 Å². The van der Waals surface area contributed by atoms with E-state index in [1.165, 1.54) is 81.3 Å². The van der Waals surface area contributed by atoms with E-state index in [9.17, 15) is 0 Å². The number of aromatic nitrogens is 1. The number of benzene rings is 14. The summed E-state index contributed by atoms with van der Waals surface area (Å²) < 4.78 is 2.57. The van der Waals surface area contributed by atoms with E-state index in [1.54, 1.807) is 0 Å². The van der Waals surface area contributed by atoms with Gasteiger partial charge in [-0.15, -0.1) is 0 Å². The normalized spacial score (nSPS) is 12.9. The molecule has 3 nitrogen and oxygen atoms in total. The van der Waals surface area contributed by atoms with Crippen LogP contribution in [0.1, 0.15) is 79.0 Å². The number of fused-ring (bicyclic) bond motifs is 7. The fraction of sp³-hybridized carbons (Fsp3) is 0.125. The van der Waals surface area contributed by atoms with Gasteiger partial charge in [0.2, 0.25) is 0 Å². The van der Waals surface area contributed by atoms with Crippen LogP contribution in [0.15, 0.2) is 334 Å². The second-order valence-corrected chi connectivity index (χ2v) is 34.6. The lowest BCUT2D eigenvalue weighted by molar-refractivity contribution is 0.590. The fourth-order valence-corrected chi connectivity index (χ4v) is 21.3. The lowest BCUT2D eigenvalue weighted by Crippen LogP contribution is -2.75. The zero-order valence-corrected chi connectivity index (χ0v) is 60.2. The maximum atomic E-state index is 2.72. The predicted molar refractivity (Wildman–Crippen MR) is 436 cm³/mol. The molecule has 15 aromatic rings. The van der Waals surface area contributed by atoms with Gasteiger partial charge in [-0.3, -0.25) is 0 Å². The molecule has 0 spiro atoms. The summed E-state index contributed by atoms with van der Waals surface area (Å²) in [5.41, 5.74) is 26.8. The number of hydrogen-bond acceptors (Lipinski definition) is 2. The van der Waals surface area contributed by atoms with Crippen LogP contribution in [0.25, 0.3) is 72.0 Å². The first-order valence-corrected chi connectivity index (χ1v) is 37.8. The Morgan fingerprint density at radius 1 is 0.267 bits per heavy atom. The van der Waals surface area contributed by atoms with Crippen molar-refractivity contribution in [1.29, 1.82) is 0 Å². The van der Waals surface area contributed by atoms with Gasteiger partial charge in [-0.05, 0) is 147 Å². The van der Waals surface area contributed by atoms with Crippen molar-refractivity contribution in [3.8, 4) is 50.2 Å². The summed E-state index contributed by atoms with van der Waals surface area (Å²) in [6, 6.07) is 128. The Morgan fingerprint density at radius 3 is 1.01 bits per heavy atom. The zero-order valence-electron chi connectivity index (χ0n) is 59.2. The quantitative estimate of drug-likeness (QED) is 0.0944. The van der Waals surface area contributed by atoms with Crippen molar-refractivity contribution in [3.05, 3.63) is 350 Å². The van der Waals surface area contributed by atoms with E-state index in [4.69, 9.17) is 0 Å². The molecule has 0 fully saturated rings. The molecule has 2 aliphatic heterocycles. The molecule has 14 aromatic carbocycles. The molecule has 0 radical (unpaired) electrons. The molecule has 0 atom stereocenters. The summed E-state index contributed by atoms with van der Waals surface area (Å²) in [6.45, 7) is 20.9. The molecule has 0 saturated heterocycles. The summed E-state index contributed by atoms with van der Waals surface area (Å²) in [6.07, 6.45) is 0. The van der Waals surface area contributed by atoms with Gasteiger partial charge in [0.15, 0.2) is 8.07 Å². The molecule has 0 saturated carbocycles. The van der Waals surface area contributed by atoms with Crippen LogP contribution in [0, 0.1) is 0 Å². The minimum absolute atomic E-state index is 0.0543. The van der Waals surface area contributed by atoms with Gasteiger partial charge in [0.1, 0.15) is 0 Å². The van der Waals surface area contributed by atoms with Crippen LogP contribution >= 0.6 is 0 Å². The van der Waals surface area contributed by atoms with Crippen molar-refractivity contribution in [2.24, 2.45) is 0 Å². The van der Waals surface area contributed by atoms with Gasteiger partial charge >= 0.3 is 0 Å². The molecule has 17 rings (SSSR count). The molecule has 0 unspecified atom stereocenters. The highest BCUT2D eigenvalue weighted by molar-refractivity contribution is 7.20. The lowest BCUT2D eigenvalue weighted by atomic mass is 9.33. The Balaban J connectivity index is 1.06. The number of anilines is 6. The fourth-order valence-electron chi connectivity index (χ4n) is 16.5. The van der Waals surface area contributed by atoms with E-state index in [1.807, 2.05) is 0 Å². The molecule has 0 bridgehead atoms. The minimum atomic E-state index is -3.16. The number of rotatable bonds is 11. The van der Waals surface area contributed by atoms with Crippen LogP contribution in [0.4, 0.5) is 34.1 Å². The average molecular weight is 1320 g/mol. The second-order valence-electron chi connectivity index (χ2n) is 30.8. The van der Waals surface area contributed by atoms with Gasteiger partial charge in [-0.25, -0.2) is 0 Å². The van der Waals surface area contributed by atoms with E-state index in [0.29, 0.717) is 0 Å². The highest BCUT2D eigenvalue weighted by atomic mass is 28.3. The van der Waals surface area contributed by atoms with E-state index < -0.39 is 8.07 Å². The molecule has 2 aliphatic rings. The van der Waals surface area contributed by atoms with Crippen molar-refractivity contribution in [2.75, 3.05) is 9.80 Å². The Hall–Kier alpha value is -11.2. The van der Waals surface area contributed by atoms with Gasteiger partial charge in [-0.1, -0.05) is 341 Å². The molecule has 488 valence electrons. The van der Waals surface area contributed by atoms with Crippen LogP contribution in [0.5, 0.6) is 0 Å². The Bertz CT molecular complexity index is 5350. The minimum Gasteiger partial charge on any atom is -0.310 e. The van der Waals surface area contributed by atoms with E-state index in [2.05, 4.69) is 410 Å². The van der Waals surface area contributed by atoms with E-state index in [-0.39, 0.29) is 23.0 Å². The summed E-state index contributed by atoms with van der Waals surface area (Å²) >= 11 is 0. The Labute approximate surface area is 597 Å². The largest absolute Gasteiger partial charge is 0.310 e. The molecule has 0 N–H and O–H groups in total. The van der Waals surface area contributed by atoms with Crippen LogP contribution in [-0.4, -0.2) is 19.4 Å². The van der Waals surface area contributed by atoms with Gasteiger partial charge in [0.05, 0.1) is 22.4 Å². The number of nitrogens with zero attached hydrogens (tertiary/aromatic N) is 3. The predicted octanol–water partition coefficient (Wildman–Crippen LogP) is 20.8. The average Bonchev–Trinajstić information content (AvgIpc) is 1.20. The summed E-state index contributed by atoms with van der Waals surface area (Å²) in [5, 5.41) is 7.86. The van der Waals surface area contributed by atoms with E-state index >= 15 is 0 Å². The highest BCUT2D eigenvalue weighted by Crippen LogP contribution is 2.54. The molecule has 1 aromatic heterocycles. The summed E-state index contributed by atoms with van der Waals surface area (Å²) in [4.78, 5) is 5.43. The van der Waals surface area contributed by atoms with Crippen molar-refractivity contribution in [3.63, 3.8) is 0 Å². The van der Waals surface area contributed by atoms with Crippen LogP contribution in [0.3, 0.4) is 0 Å². The first-order valence-electron chi connectivity index (χ1n) is 35.8. The van der Waals surface area contributed by atoms with Crippen LogP contribution in [-0.2, 0) is 16.2 Å². The molecule has 0 amide bonds. The molecule has 5 heteroatoms. The van der Waals surface area contributed by atoms with Crippen molar-refractivity contribution in [1.82, 2.24) is 4.57 Å². The third kappa shape index (κ3) is 10.6. The van der Waals surface area contributed by atoms with Gasteiger partial charge in [0, 0.05) is 61.5 Å². The van der Waals surface area contributed by atoms with Gasteiger partial charge in [0.25, 0.3) is 6.71 Å². The topological polar surface area (TPSA) is 11.4 Å². The molecule has 101 heavy (non-hydrogen) atoms. The number of hydrogen-bond donors (Lipinski definition) is 0. The van der Waals surface area contributed by atoms with Crippen molar-refractivity contribution < 1.29 is 0 Å². The summed E-state index contributed by atoms with van der Waals surface area (Å²) in [5.74, 6) is 0. The first-order chi connectivity index (χ1) is 49.0. The maximum Gasteiger partial charge on any atom is 0.252 e. The highest BCUT2D eigenvalue weighted by Gasteiger charge is 2.48. The SMILES string of the molecule is CC(C)(C)c1cc2c3c(c1)N(c1c(-c4ccccc4)cccc1-c1ccccc1)c1cc(-n4c5ccc(C(C)(C)C)cc5c5cc(C(C)(C)C)ccc54)ccc1B3c1cc([Si](c3ccccc3)(c3ccccc3)c3ccccc3)ccc1N2c1c(-c2ccccc2)cccc1-c1ccccc1. The molecular weight excluding hydrogens is 1230 g/mol. The van der Waals surface area contributed by atoms with E-state index in [0.717, 1.165) is 78.6 Å². The number of para-hydroxylation sites is 2. The first kappa shape index (κ1) is 63.2. The Morgan fingerprint density at radius 2 is 0.634 bits per heavy atom. The maximum absolute atomic E-state index is 3.16. The summed E-state index contributed by atoms with van der Waals surface area (Å²) in [7, 11) is -3.16. The molecule has 0 aliphatic carbocycles. The zero-order chi connectivity index (χ0) is 68.9. The van der Waals surface area contributed by atoms with Crippen molar-refractivity contribution >= 4 is 108 Å². The molecular formula is C96H82BN3Si. The smallest absolute Gasteiger partial charge is 0.252 e. The molecule has 3 heterocycles. The van der Waals surface area contributed by atoms with Crippen molar-refractivity contribution in [2.45, 2.75) is 78.6 Å². The third-order valence-electron chi connectivity index (χ3n) is 21.6. The van der Waals surface area contributed by atoms with Crippen LogP contribution in [0.2, 0.25) is 0 Å². The monoisotopic (exact) mass is 1320 g/mol. The van der Waals surface area contributed by atoms with Crippen LogP contribution < -0.4 is 46.9 Å². The van der Waals surface area contributed by atoms with Gasteiger partial charge < -0.3 is 14.4 Å². The standard InChI is InChI=1S/C96H82BN3Si/c1-94(2,3)69-51-56-85-81(59-69)82-60-70(95(4,5)6)52-57-86(82)98(85)72-53-55-83-88(63-72)100(93-79(67-37-21-12-22-38-67)49-32-50-80(93)68-39-23-13-24-40-68)90-62-71(96(7,8)9)61-89-91(90)97(83)84-64-76(101(73-41-25-14-26-42-73,74-43-27-15-28-44-74)75-45-29-16-30-46-75)54-58-87(84)99(89)92-77(65-33-17-10-18-34-65)47-31-48-78(92)66-35-19-11-20-36-66/h10-64H,1-9H3. The third-order valence-corrected chi connectivity index (χ3v) is 26.4. The second kappa shape index (κ2) is 24.6. The lowest BCUT2D eigenvalue weighted by Gasteiger charge is -2.47. The Kier molecular flexibility index (Phi) is 15.4.